The van der Waals surface area contributed by atoms with E-state index in [1.165, 1.54) is 5.56 Å². The van der Waals surface area contributed by atoms with Gasteiger partial charge in [0.1, 0.15) is 5.75 Å². The van der Waals surface area contributed by atoms with E-state index in [1.807, 2.05) is 19.2 Å². The Bertz CT molecular complexity index is 463. The lowest BCUT2D eigenvalue weighted by Crippen LogP contribution is -2.38. The Balaban J connectivity index is 2.44. The van der Waals surface area contributed by atoms with Crippen LogP contribution < -0.4 is 10.1 Å². The Kier molecular flexibility index (Phi) is 10.6. The van der Waals surface area contributed by atoms with Gasteiger partial charge in [-0.2, -0.15) is 0 Å². The van der Waals surface area contributed by atoms with E-state index in [4.69, 9.17) is 14.2 Å². The molecule has 0 aliphatic carbocycles. The van der Waals surface area contributed by atoms with E-state index in [1.54, 1.807) is 14.2 Å². The number of ether oxygens (including phenoxy) is 3. The summed E-state index contributed by atoms with van der Waals surface area (Å²) in [6, 6.07) is 8.10. The number of nitrogens with one attached hydrogen (secondary N) is 1. The van der Waals surface area contributed by atoms with Crippen LogP contribution in [0, 0.1) is 0 Å². The van der Waals surface area contributed by atoms with Gasteiger partial charge in [0.15, 0.2) is 5.96 Å². The van der Waals surface area contributed by atoms with Gasteiger partial charge in [-0.05, 0) is 31.0 Å². The van der Waals surface area contributed by atoms with Crippen molar-refractivity contribution in [2.24, 2.45) is 4.99 Å². The molecule has 0 heterocycles. The number of nitrogens with zero attached hydrogens (tertiary/aromatic N) is 2. The summed E-state index contributed by atoms with van der Waals surface area (Å²) in [5.74, 6) is 1.78. The highest BCUT2D eigenvalue weighted by Crippen LogP contribution is 2.12. The van der Waals surface area contributed by atoms with Crippen LogP contribution in [0.1, 0.15) is 18.9 Å². The summed E-state index contributed by atoms with van der Waals surface area (Å²) in [6.45, 7) is 6.42. The van der Waals surface area contributed by atoms with Crippen LogP contribution in [-0.4, -0.2) is 65.0 Å². The Morgan fingerprint density at radius 3 is 2.50 bits per heavy atom. The van der Waals surface area contributed by atoms with Gasteiger partial charge in [0.2, 0.25) is 0 Å². The number of hydrogen-bond donors (Lipinski definition) is 1. The predicted octanol–water partition coefficient (Wildman–Crippen LogP) is 2.15. The monoisotopic (exact) mass is 337 g/mol. The van der Waals surface area contributed by atoms with Gasteiger partial charge in [0, 0.05) is 40.4 Å². The molecule has 0 aromatic heterocycles. The van der Waals surface area contributed by atoms with Crippen molar-refractivity contribution < 1.29 is 14.2 Å². The second kappa shape index (κ2) is 12.6. The topological polar surface area (TPSA) is 55.3 Å². The molecule has 1 aromatic rings. The van der Waals surface area contributed by atoms with Gasteiger partial charge in [-0.1, -0.05) is 12.1 Å². The van der Waals surface area contributed by atoms with Crippen molar-refractivity contribution in [2.45, 2.75) is 19.9 Å². The number of guanidine groups is 1. The Hall–Kier alpha value is -1.79. The maximum atomic E-state index is 5.45. The molecular weight excluding hydrogens is 306 g/mol. The molecule has 24 heavy (non-hydrogen) atoms. The fourth-order valence-corrected chi connectivity index (χ4v) is 2.15. The molecule has 1 N–H and O–H groups in total. The maximum absolute atomic E-state index is 5.45. The van der Waals surface area contributed by atoms with Crippen LogP contribution in [0.5, 0.6) is 5.75 Å². The van der Waals surface area contributed by atoms with Gasteiger partial charge < -0.3 is 24.4 Å². The lowest BCUT2D eigenvalue weighted by Gasteiger charge is -2.22. The second-order valence-electron chi connectivity index (χ2n) is 5.40. The molecule has 0 amide bonds. The summed E-state index contributed by atoms with van der Waals surface area (Å²) in [5, 5.41) is 3.33. The number of rotatable bonds is 11. The first kappa shape index (κ1) is 20.3. The third-order valence-electron chi connectivity index (χ3n) is 3.42. The highest BCUT2D eigenvalue weighted by atomic mass is 16.5. The normalized spacial score (nSPS) is 11.4. The second-order valence-corrected chi connectivity index (χ2v) is 5.40. The van der Waals surface area contributed by atoms with Gasteiger partial charge in [-0.25, -0.2) is 0 Å². The van der Waals surface area contributed by atoms with Gasteiger partial charge in [-0.15, -0.1) is 0 Å². The van der Waals surface area contributed by atoms with Crippen molar-refractivity contribution >= 4 is 5.96 Å². The molecule has 0 unspecified atom stereocenters. The third kappa shape index (κ3) is 8.17. The van der Waals surface area contributed by atoms with Gasteiger partial charge in [0.05, 0.1) is 20.3 Å². The highest BCUT2D eigenvalue weighted by Gasteiger charge is 2.06. The van der Waals surface area contributed by atoms with E-state index in [-0.39, 0.29) is 0 Å². The minimum absolute atomic E-state index is 0.635. The average Bonchev–Trinajstić information content (AvgIpc) is 2.60. The van der Waals surface area contributed by atoms with Gasteiger partial charge in [-0.3, -0.25) is 4.99 Å². The first-order chi connectivity index (χ1) is 11.7. The third-order valence-corrected chi connectivity index (χ3v) is 3.42. The van der Waals surface area contributed by atoms with E-state index >= 15 is 0 Å². The molecular formula is C18H31N3O3. The summed E-state index contributed by atoms with van der Waals surface area (Å²) >= 11 is 0. The van der Waals surface area contributed by atoms with Crippen LogP contribution in [0.4, 0.5) is 0 Å². The van der Waals surface area contributed by atoms with Crippen LogP contribution in [-0.2, 0) is 16.0 Å². The molecule has 0 atom stereocenters. The van der Waals surface area contributed by atoms with E-state index in [0.717, 1.165) is 37.8 Å². The maximum Gasteiger partial charge on any atom is 0.193 e. The first-order valence-corrected chi connectivity index (χ1v) is 8.40. The largest absolute Gasteiger partial charge is 0.497 e. The standard InChI is InChI=1S/C18H31N3O3/c1-5-19-18(20-11-6-12-24-14-13-22-3)21(2)15-16-7-9-17(23-4)10-8-16/h7-10H,5-6,11-15H2,1-4H3,(H,19,20). The van der Waals surface area contributed by atoms with Crippen molar-refractivity contribution in [2.75, 3.05) is 54.2 Å². The Morgan fingerprint density at radius 2 is 1.88 bits per heavy atom. The van der Waals surface area contributed by atoms with Crippen molar-refractivity contribution in [3.63, 3.8) is 0 Å². The Labute approximate surface area is 145 Å². The van der Waals surface area contributed by atoms with Crippen molar-refractivity contribution in [1.82, 2.24) is 10.2 Å². The van der Waals surface area contributed by atoms with Crippen molar-refractivity contribution in [3.05, 3.63) is 29.8 Å². The average molecular weight is 337 g/mol. The molecule has 0 fully saturated rings. The molecule has 1 aromatic carbocycles. The van der Waals surface area contributed by atoms with Crippen LogP contribution >= 0.6 is 0 Å². The molecule has 6 nitrogen and oxygen atoms in total. The predicted molar refractivity (Wildman–Crippen MR) is 97.8 cm³/mol. The molecule has 0 radical (unpaired) electrons. The number of hydrogen-bond acceptors (Lipinski definition) is 4. The molecule has 0 saturated heterocycles. The molecule has 136 valence electrons. The fourth-order valence-electron chi connectivity index (χ4n) is 2.15. The molecule has 6 heteroatoms. The number of benzene rings is 1. The van der Waals surface area contributed by atoms with Crippen LogP contribution in [0.3, 0.4) is 0 Å². The quantitative estimate of drug-likeness (QED) is 0.381. The summed E-state index contributed by atoms with van der Waals surface area (Å²) in [7, 11) is 5.39. The zero-order valence-corrected chi connectivity index (χ0v) is 15.4. The lowest BCUT2D eigenvalue weighted by atomic mass is 10.2. The molecule has 0 spiro atoms. The number of methoxy groups -OCH3 is 2. The zero-order valence-electron chi connectivity index (χ0n) is 15.4. The van der Waals surface area contributed by atoms with Crippen molar-refractivity contribution in [3.8, 4) is 5.75 Å². The minimum Gasteiger partial charge on any atom is -0.497 e. The summed E-state index contributed by atoms with van der Waals surface area (Å²) in [6.07, 6.45) is 0.898. The van der Waals surface area contributed by atoms with E-state index in [2.05, 4.69) is 34.3 Å². The molecule has 0 aliphatic rings. The van der Waals surface area contributed by atoms with Crippen LogP contribution in [0.2, 0.25) is 0 Å². The summed E-state index contributed by atoms with van der Waals surface area (Å²) in [4.78, 5) is 6.78. The van der Waals surface area contributed by atoms with Crippen molar-refractivity contribution in [1.29, 1.82) is 0 Å². The van der Waals surface area contributed by atoms with Crippen LogP contribution in [0.15, 0.2) is 29.3 Å². The smallest absolute Gasteiger partial charge is 0.193 e. The van der Waals surface area contributed by atoms with E-state index in [9.17, 15) is 0 Å². The van der Waals surface area contributed by atoms with E-state index < -0.39 is 0 Å². The molecule has 0 aliphatic heterocycles. The highest BCUT2D eigenvalue weighted by molar-refractivity contribution is 5.79. The Morgan fingerprint density at radius 1 is 1.12 bits per heavy atom. The summed E-state index contributed by atoms with van der Waals surface area (Å²) < 4.78 is 15.6. The van der Waals surface area contributed by atoms with E-state index in [0.29, 0.717) is 19.8 Å². The molecule has 0 saturated carbocycles. The lowest BCUT2D eigenvalue weighted by molar-refractivity contribution is 0.0702. The van der Waals surface area contributed by atoms with Gasteiger partial charge in [0.25, 0.3) is 0 Å². The zero-order chi connectivity index (χ0) is 17.6. The minimum atomic E-state index is 0.635. The first-order valence-electron chi connectivity index (χ1n) is 8.40. The molecule has 0 bridgehead atoms. The summed E-state index contributed by atoms with van der Waals surface area (Å²) in [5.41, 5.74) is 1.21. The van der Waals surface area contributed by atoms with Crippen LogP contribution in [0.25, 0.3) is 0 Å². The van der Waals surface area contributed by atoms with Gasteiger partial charge >= 0.3 is 0 Å². The molecule has 1 rings (SSSR count). The SMILES string of the molecule is CCNC(=NCCCOCCOC)N(C)Cc1ccc(OC)cc1. The fraction of sp³-hybridized carbons (Fsp3) is 0.611. The number of aliphatic imine (C=N–C) groups is 1.